The number of aryl methyl sites for hydroxylation is 1. The molecule has 1 aliphatic rings. The summed E-state index contributed by atoms with van der Waals surface area (Å²) >= 11 is 1.04. The van der Waals surface area contributed by atoms with Crippen molar-refractivity contribution in [1.82, 2.24) is 19.9 Å². The predicted octanol–water partition coefficient (Wildman–Crippen LogP) is 2.71. The van der Waals surface area contributed by atoms with Crippen LogP contribution in [-0.2, 0) is 0 Å². The van der Waals surface area contributed by atoms with E-state index >= 15 is 0 Å². The molecule has 0 amide bonds. The Balaban J connectivity index is 1.61. The Morgan fingerprint density at radius 1 is 1.24 bits per heavy atom. The molecular formula is C19H20N6O3S. The summed E-state index contributed by atoms with van der Waals surface area (Å²) in [6.07, 6.45) is 6.36. The molecule has 3 aromatic rings. The molecule has 0 atom stereocenters. The topological polar surface area (TPSA) is 124 Å². The Kier molecular flexibility index (Phi) is 5.36. The normalized spacial score (nSPS) is 14.8. The molecule has 0 unspecified atom stereocenters. The van der Waals surface area contributed by atoms with Gasteiger partial charge in [0, 0.05) is 42.9 Å². The second kappa shape index (κ2) is 8.10. The van der Waals surface area contributed by atoms with Crippen molar-refractivity contribution < 1.29 is 15.0 Å². The number of pyridine rings is 1. The monoisotopic (exact) mass is 412 g/mol. The number of rotatable bonds is 5. The van der Waals surface area contributed by atoms with Crippen molar-refractivity contribution in [3.63, 3.8) is 0 Å². The number of aliphatic hydroxyl groups excluding tert-OH is 1. The van der Waals surface area contributed by atoms with E-state index in [1.54, 1.807) is 31.6 Å². The van der Waals surface area contributed by atoms with Crippen molar-refractivity contribution in [2.75, 3.05) is 23.3 Å². The second-order valence-corrected chi connectivity index (χ2v) is 7.74. The summed E-state index contributed by atoms with van der Waals surface area (Å²) in [6, 6.07) is 3.76. The zero-order valence-electron chi connectivity index (χ0n) is 15.7. The number of piperidine rings is 1. The predicted molar refractivity (Wildman–Crippen MR) is 110 cm³/mol. The first kappa shape index (κ1) is 19.2. The van der Waals surface area contributed by atoms with Crippen molar-refractivity contribution >= 4 is 34.1 Å². The molecular weight excluding hydrogens is 392 g/mol. The molecule has 0 saturated carbocycles. The Morgan fingerprint density at radius 3 is 2.76 bits per heavy atom. The van der Waals surface area contributed by atoms with Gasteiger partial charge >= 0.3 is 5.97 Å². The van der Waals surface area contributed by atoms with Crippen LogP contribution < -0.4 is 10.2 Å². The van der Waals surface area contributed by atoms with Crippen LogP contribution in [0.2, 0.25) is 0 Å². The molecule has 4 heterocycles. The van der Waals surface area contributed by atoms with Gasteiger partial charge in [-0.15, -0.1) is 0 Å². The highest BCUT2D eigenvalue weighted by molar-refractivity contribution is 7.17. The quantitative estimate of drug-likeness (QED) is 0.580. The Hall–Kier alpha value is -3.11. The van der Waals surface area contributed by atoms with Gasteiger partial charge in [0.25, 0.3) is 0 Å². The molecule has 1 aliphatic heterocycles. The number of thiazole rings is 1. The van der Waals surface area contributed by atoms with E-state index in [-0.39, 0.29) is 11.0 Å². The molecule has 0 aliphatic carbocycles. The van der Waals surface area contributed by atoms with Gasteiger partial charge in [-0.1, -0.05) is 11.3 Å². The molecule has 29 heavy (non-hydrogen) atoms. The Labute approximate surface area is 171 Å². The first-order valence-electron chi connectivity index (χ1n) is 9.19. The number of anilines is 3. The van der Waals surface area contributed by atoms with E-state index in [0.29, 0.717) is 22.5 Å². The first-order chi connectivity index (χ1) is 14.0. The smallest absolute Gasteiger partial charge is 0.347 e. The SMILES string of the molecule is Cc1nc(Nc2nccc(-c3cnccc3N3CCC(O)CC3)n2)sc1C(=O)O. The van der Waals surface area contributed by atoms with E-state index in [4.69, 9.17) is 0 Å². The molecule has 10 heteroatoms. The van der Waals surface area contributed by atoms with Gasteiger partial charge in [0.05, 0.1) is 17.5 Å². The zero-order valence-corrected chi connectivity index (χ0v) is 16.6. The van der Waals surface area contributed by atoms with Crippen molar-refractivity contribution in [2.45, 2.75) is 25.9 Å². The lowest BCUT2D eigenvalue weighted by molar-refractivity contribution is 0.0701. The van der Waals surface area contributed by atoms with Gasteiger partial charge in [0.2, 0.25) is 5.95 Å². The minimum atomic E-state index is -1.01. The van der Waals surface area contributed by atoms with Crippen LogP contribution in [0.1, 0.15) is 28.2 Å². The lowest BCUT2D eigenvalue weighted by Crippen LogP contribution is -2.36. The fraction of sp³-hybridized carbons (Fsp3) is 0.316. The molecule has 4 rings (SSSR count). The fourth-order valence-corrected chi connectivity index (χ4v) is 4.08. The van der Waals surface area contributed by atoms with Gasteiger partial charge in [-0.2, -0.15) is 0 Å². The van der Waals surface area contributed by atoms with Crippen LogP contribution in [0.15, 0.2) is 30.7 Å². The maximum atomic E-state index is 11.2. The molecule has 3 N–H and O–H groups in total. The average molecular weight is 412 g/mol. The Morgan fingerprint density at radius 2 is 2.03 bits per heavy atom. The van der Waals surface area contributed by atoms with Gasteiger partial charge < -0.3 is 20.4 Å². The van der Waals surface area contributed by atoms with Crippen molar-refractivity contribution in [3.8, 4) is 11.3 Å². The maximum absolute atomic E-state index is 11.2. The maximum Gasteiger partial charge on any atom is 0.347 e. The minimum absolute atomic E-state index is 0.186. The average Bonchev–Trinajstić information content (AvgIpc) is 3.09. The zero-order chi connectivity index (χ0) is 20.4. The molecule has 0 radical (unpaired) electrons. The summed E-state index contributed by atoms with van der Waals surface area (Å²) in [5, 5.41) is 22.4. The number of carboxylic acid groups (broad SMARTS) is 1. The molecule has 1 saturated heterocycles. The summed E-state index contributed by atoms with van der Waals surface area (Å²) in [4.78, 5) is 30.9. The van der Waals surface area contributed by atoms with Crippen molar-refractivity contribution in [2.24, 2.45) is 0 Å². The number of carbonyl (C=O) groups is 1. The molecule has 0 bridgehead atoms. The van der Waals surface area contributed by atoms with E-state index in [1.807, 2.05) is 6.07 Å². The Bertz CT molecular complexity index is 1030. The molecule has 9 nitrogen and oxygen atoms in total. The van der Waals surface area contributed by atoms with E-state index in [0.717, 1.165) is 48.5 Å². The number of nitrogens with one attached hydrogen (secondary N) is 1. The van der Waals surface area contributed by atoms with E-state index in [9.17, 15) is 15.0 Å². The molecule has 0 spiro atoms. The highest BCUT2D eigenvalue weighted by Crippen LogP contribution is 2.31. The third kappa shape index (κ3) is 4.17. The van der Waals surface area contributed by atoms with Gasteiger partial charge in [-0.3, -0.25) is 4.98 Å². The van der Waals surface area contributed by atoms with Crippen LogP contribution in [0.5, 0.6) is 0 Å². The number of nitrogens with zero attached hydrogens (tertiary/aromatic N) is 5. The van der Waals surface area contributed by atoms with Crippen LogP contribution in [0, 0.1) is 6.92 Å². The summed E-state index contributed by atoms with van der Waals surface area (Å²) in [5.41, 5.74) is 3.03. The number of aromatic carboxylic acids is 1. The molecule has 150 valence electrons. The van der Waals surface area contributed by atoms with E-state index in [1.165, 1.54) is 0 Å². The number of hydrogen-bond donors (Lipinski definition) is 3. The molecule has 0 aromatic carbocycles. The number of carboxylic acids is 1. The van der Waals surface area contributed by atoms with Crippen molar-refractivity contribution in [3.05, 3.63) is 41.3 Å². The lowest BCUT2D eigenvalue weighted by Gasteiger charge is -2.32. The van der Waals surface area contributed by atoms with Crippen molar-refractivity contribution in [1.29, 1.82) is 0 Å². The van der Waals surface area contributed by atoms with Gasteiger partial charge in [0.1, 0.15) is 4.88 Å². The third-order valence-electron chi connectivity index (χ3n) is 4.74. The van der Waals surface area contributed by atoms with E-state index in [2.05, 4.69) is 30.2 Å². The standard InChI is InChI=1S/C19H20N6O3S/c1-11-16(17(27)28)29-19(22-11)24-18-21-7-2-14(23-18)13-10-20-6-3-15(13)25-8-4-12(26)5-9-25/h2-3,6-7,10,12,26H,4-5,8-9H2,1H3,(H,27,28)(H,21,22,23,24). The minimum Gasteiger partial charge on any atom is -0.477 e. The summed E-state index contributed by atoms with van der Waals surface area (Å²) in [6.45, 7) is 3.19. The van der Waals surface area contributed by atoms with Crippen LogP contribution >= 0.6 is 11.3 Å². The van der Waals surface area contributed by atoms with E-state index < -0.39 is 5.97 Å². The third-order valence-corrected chi connectivity index (χ3v) is 5.81. The van der Waals surface area contributed by atoms with Gasteiger partial charge in [-0.25, -0.2) is 19.7 Å². The summed E-state index contributed by atoms with van der Waals surface area (Å²) < 4.78 is 0. The first-order valence-corrected chi connectivity index (χ1v) is 10.0. The second-order valence-electron chi connectivity index (χ2n) is 6.74. The summed E-state index contributed by atoms with van der Waals surface area (Å²) in [7, 11) is 0. The van der Waals surface area contributed by atoms with Crippen LogP contribution in [0.25, 0.3) is 11.3 Å². The fourth-order valence-electron chi connectivity index (χ4n) is 3.28. The van der Waals surface area contributed by atoms with Gasteiger partial charge in [0.15, 0.2) is 5.13 Å². The van der Waals surface area contributed by atoms with Gasteiger partial charge in [-0.05, 0) is 31.9 Å². The lowest BCUT2D eigenvalue weighted by atomic mass is 10.1. The number of hydrogen-bond acceptors (Lipinski definition) is 9. The summed E-state index contributed by atoms with van der Waals surface area (Å²) in [5.74, 6) is -0.675. The molecule has 3 aromatic heterocycles. The number of aliphatic hydroxyl groups is 1. The largest absolute Gasteiger partial charge is 0.477 e. The number of aromatic nitrogens is 4. The van der Waals surface area contributed by atoms with Crippen LogP contribution in [-0.4, -0.2) is 55.3 Å². The van der Waals surface area contributed by atoms with Crippen LogP contribution in [0.4, 0.5) is 16.8 Å². The highest BCUT2D eigenvalue weighted by atomic mass is 32.1. The molecule has 1 fully saturated rings. The van der Waals surface area contributed by atoms with Crippen LogP contribution in [0.3, 0.4) is 0 Å². The highest BCUT2D eigenvalue weighted by Gasteiger charge is 2.21.